The molecule has 1 atom stereocenters. The van der Waals surface area contributed by atoms with Crippen molar-refractivity contribution in [2.24, 2.45) is 0 Å². The molecule has 1 aliphatic heterocycles. The second-order valence-electron chi connectivity index (χ2n) is 6.04. The zero-order valence-electron chi connectivity index (χ0n) is 13.6. The fraction of sp³-hybridized carbons (Fsp3) is 0.611. The molecule has 0 radical (unpaired) electrons. The number of benzene rings is 1. The summed E-state index contributed by atoms with van der Waals surface area (Å²) in [7, 11) is 0. The molecule has 1 unspecified atom stereocenters. The number of piperazine rings is 1. The molecule has 3 nitrogen and oxygen atoms in total. The molecule has 0 saturated carbocycles. The minimum Gasteiger partial charge on any atom is -0.298 e. The first-order valence-corrected chi connectivity index (χ1v) is 8.22. The average Bonchev–Trinajstić information content (AvgIpc) is 2.55. The maximum atomic E-state index is 12.3. The lowest BCUT2D eigenvalue weighted by molar-refractivity contribution is 0.0784. The normalized spacial score (nSPS) is 18.6. The molecule has 1 heterocycles. The number of carbonyl (C=O) groups is 1. The van der Waals surface area contributed by atoms with Crippen LogP contribution in [0.15, 0.2) is 24.3 Å². The number of nitrogens with zero attached hydrogens (tertiary/aromatic N) is 2. The van der Waals surface area contributed by atoms with Crippen molar-refractivity contribution in [2.45, 2.75) is 39.7 Å². The van der Waals surface area contributed by atoms with E-state index in [9.17, 15) is 4.79 Å². The first-order chi connectivity index (χ1) is 10.1. The third-order valence-corrected chi connectivity index (χ3v) is 4.67. The lowest BCUT2D eigenvalue weighted by atomic mass is 10.1. The van der Waals surface area contributed by atoms with Crippen LogP contribution in [-0.2, 0) is 6.42 Å². The Bertz CT molecular complexity index is 447. The summed E-state index contributed by atoms with van der Waals surface area (Å²) in [4.78, 5) is 17.1. The van der Waals surface area contributed by atoms with E-state index in [-0.39, 0.29) is 5.78 Å². The van der Waals surface area contributed by atoms with Gasteiger partial charge in [0.25, 0.3) is 0 Å². The molecule has 1 aliphatic rings. The molecular weight excluding hydrogens is 260 g/mol. The van der Waals surface area contributed by atoms with E-state index < -0.39 is 0 Å². The van der Waals surface area contributed by atoms with Crippen molar-refractivity contribution < 1.29 is 4.79 Å². The number of Topliss-reactive ketones (excluding diaryl/α,β-unsaturated/α-hetero) is 1. The number of aryl methyl sites for hydroxylation is 1. The summed E-state index contributed by atoms with van der Waals surface area (Å²) in [6.07, 6.45) is 2.22. The van der Waals surface area contributed by atoms with Crippen LogP contribution in [-0.4, -0.2) is 54.3 Å². The van der Waals surface area contributed by atoms with E-state index in [0.29, 0.717) is 12.6 Å². The molecule has 0 aliphatic carbocycles. The average molecular weight is 288 g/mol. The van der Waals surface area contributed by atoms with Gasteiger partial charge in [0.15, 0.2) is 5.78 Å². The third kappa shape index (κ3) is 4.39. The van der Waals surface area contributed by atoms with Gasteiger partial charge in [-0.2, -0.15) is 0 Å². The van der Waals surface area contributed by atoms with Crippen LogP contribution in [0.5, 0.6) is 0 Å². The van der Waals surface area contributed by atoms with Gasteiger partial charge < -0.3 is 0 Å². The van der Waals surface area contributed by atoms with Gasteiger partial charge in [-0.1, -0.05) is 38.1 Å². The van der Waals surface area contributed by atoms with Crippen LogP contribution < -0.4 is 0 Å². The quantitative estimate of drug-likeness (QED) is 0.752. The predicted octanol–water partition coefficient (Wildman–Crippen LogP) is 2.85. The Hall–Kier alpha value is -1.19. The van der Waals surface area contributed by atoms with Crippen molar-refractivity contribution in [1.82, 2.24) is 9.80 Å². The second kappa shape index (κ2) is 7.71. The highest BCUT2D eigenvalue weighted by Gasteiger charge is 2.21. The predicted molar refractivity (Wildman–Crippen MR) is 87.9 cm³/mol. The van der Waals surface area contributed by atoms with Gasteiger partial charge in [0.2, 0.25) is 0 Å². The summed E-state index contributed by atoms with van der Waals surface area (Å²) in [6, 6.07) is 8.72. The summed E-state index contributed by atoms with van der Waals surface area (Å²) < 4.78 is 0. The van der Waals surface area contributed by atoms with E-state index >= 15 is 0 Å². The fourth-order valence-electron chi connectivity index (χ4n) is 2.84. The molecule has 2 rings (SSSR count). The second-order valence-corrected chi connectivity index (χ2v) is 6.04. The van der Waals surface area contributed by atoms with E-state index in [1.165, 1.54) is 12.0 Å². The minimum atomic E-state index is 0.245. The minimum absolute atomic E-state index is 0.245. The lowest BCUT2D eigenvalue weighted by Crippen LogP contribution is -2.50. The molecule has 0 aromatic heterocycles. The van der Waals surface area contributed by atoms with Crippen molar-refractivity contribution in [2.75, 3.05) is 32.7 Å². The van der Waals surface area contributed by atoms with Crippen LogP contribution in [0.3, 0.4) is 0 Å². The van der Waals surface area contributed by atoms with E-state index in [4.69, 9.17) is 0 Å². The van der Waals surface area contributed by atoms with Crippen LogP contribution in [0, 0.1) is 0 Å². The molecule has 1 fully saturated rings. The largest absolute Gasteiger partial charge is 0.298 e. The van der Waals surface area contributed by atoms with Crippen LogP contribution in [0.25, 0.3) is 0 Å². The van der Waals surface area contributed by atoms with E-state index in [0.717, 1.165) is 38.2 Å². The van der Waals surface area contributed by atoms with Gasteiger partial charge in [0.05, 0.1) is 6.54 Å². The van der Waals surface area contributed by atoms with Gasteiger partial charge in [-0.15, -0.1) is 0 Å². The number of carbonyl (C=O) groups excluding carboxylic acids is 1. The highest BCUT2D eigenvalue weighted by atomic mass is 16.1. The Morgan fingerprint density at radius 3 is 2.24 bits per heavy atom. The van der Waals surface area contributed by atoms with Gasteiger partial charge in [-0.25, -0.2) is 0 Å². The molecular formula is C18H28N2O. The number of hydrogen-bond acceptors (Lipinski definition) is 3. The van der Waals surface area contributed by atoms with Crippen molar-refractivity contribution in [1.29, 1.82) is 0 Å². The SMILES string of the molecule is CCc1ccc(C(=O)CN2CCN(C(C)CC)CC2)cc1. The van der Waals surface area contributed by atoms with E-state index in [1.807, 2.05) is 12.1 Å². The molecule has 0 bridgehead atoms. The molecule has 0 spiro atoms. The maximum Gasteiger partial charge on any atom is 0.176 e. The monoisotopic (exact) mass is 288 g/mol. The number of hydrogen-bond donors (Lipinski definition) is 0. The van der Waals surface area contributed by atoms with Crippen LogP contribution >= 0.6 is 0 Å². The topological polar surface area (TPSA) is 23.6 Å². The smallest absolute Gasteiger partial charge is 0.176 e. The molecule has 1 saturated heterocycles. The van der Waals surface area contributed by atoms with Gasteiger partial charge in [0, 0.05) is 37.8 Å². The Morgan fingerprint density at radius 1 is 1.10 bits per heavy atom. The van der Waals surface area contributed by atoms with Gasteiger partial charge >= 0.3 is 0 Å². The van der Waals surface area contributed by atoms with Crippen LogP contribution in [0.4, 0.5) is 0 Å². The van der Waals surface area contributed by atoms with Gasteiger partial charge in [0.1, 0.15) is 0 Å². The summed E-state index contributed by atoms with van der Waals surface area (Å²) in [5.41, 5.74) is 2.13. The summed E-state index contributed by atoms with van der Waals surface area (Å²) in [6.45, 7) is 11.4. The zero-order chi connectivity index (χ0) is 15.2. The number of rotatable bonds is 6. The molecule has 3 heteroatoms. The van der Waals surface area contributed by atoms with Gasteiger partial charge in [-0.05, 0) is 25.3 Å². The van der Waals surface area contributed by atoms with Crippen LogP contribution in [0.2, 0.25) is 0 Å². The lowest BCUT2D eigenvalue weighted by Gasteiger charge is -2.37. The molecule has 0 amide bonds. The van der Waals surface area contributed by atoms with E-state index in [2.05, 4.69) is 42.7 Å². The van der Waals surface area contributed by atoms with E-state index in [1.54, 1.807) is 0 Å². The summed E-state index contributed by atoms with van der Waals surface area (Å²) in [5, 5.41) is 0. The standard InChI is InChI=1S/C18H28N2O/c1-4-15(3)20-12-10-19(11-13-20)14-18(21)17-8-6-16(5-2)7-9-17/h6-9,15H,4-5,10-14H2,1-3H3. The Labute approximate surface area is 128 Å². The molecule has 116 valence electrons. The highest BCUT2D eigenvalue weighted by molar-refractivity contribution is 5.97. The molecule has 1 aromatic carbocycles. The van der Waals surface area contributed by atoms with Gasteiger partial charge in [-0.3, -0.25) is 14.6 Å². The fourth-order valence-corrected chi connectivity index (χ4v) is 2.84. The Kier molecular flexibility index (Phi) is 5.95. The van der Waals surface area contributed by atoms with Crippen molar-refractivity contribution in [3.63, 3.8) is 0 Å². The molecule has 21 heavy (non-hydrogen) atoms. The summed E-state index contributed by atoms with van der Waals surface area (Å²) in [5.74, 6) is 0.245. The zero-order valence-corrected chi connectivity index (χ0v) is 13.6. The summed E-state index contributed by atoms with van der Waals surface area (Å²) >= 11 is 0. The first kappa shape index (κ1) is 16.2. The van der Waals surface area contributed by atoms with Crippen LogP contribution in [0.1, 0.15) is 43.1 Å². The molecule has 0 N–H and O–H groups in total. The highest BCUT2D eigenvalue weighted by Crippen LogP contribution is 2.11. The van der Waals surface area contributed by atoms with Crippen molar-refractivity contribution >= 4 is 5.78 Å². The maximum absolute atomic E-state index is 12.3. The number of ketones is 1. The Balaban J connectivity index is 1.83. The van der Waals surface area contributed by atoms with Crippen molar-refractivity contribution in [3.05, 3.63) is 35.4 Å². The first-order valence-electron chi connectivity index (χ1n) is 8.22. The molecule has 1 aromatic rings. The third-order valence-electron chi connectivity index (χ3n) is 4.67. The Morgan fingerprint density at radius 2 is 1.71 bits per heavy atom. The van der Waals surface area contributed by atoms with Crippen molar-refractivity contribution in [3.8, 4) is 0 Å².